The van der Waals surface area contributed by atoms with Gasteiger partial charge in [-0.2, -0.15) is 0 Å². The smallest absolute Gasteiger partial charge is 0.327 e. The Morgan fingerprint density at radius 2 is 1.61 bits per heavy atom. The standard InChI is InChI=1S/C22H28I2O4/c1-21(24,13-23)19(25)27-17-3-5-18(6-4-17)28-20(26-2)22-10-14-7-15(11-22)9-16(8-14)12-22/h3-6,14-16,20H,7-13H2,1-2H3. The third-order valence-electron chi connectivity index (χ3n) is 6.75. The molecule has 0 spiro atoms. The van der Waals surface area contributed by atoms with Gasteiger partial charge in [0.25, 0.3) is 0 Å². The molecule has 1 aromatic carbocycles. The van der Waals surface area contributed by atoms with E-state index in [1.807, 2.05) is 19.1 Å². The van der Waals surface area contributed by atoms with E-state index in [0.29, 0.717) is 10.2 Å². The largest absolute Gasteiger partial charge is 0.464 e. The molecule has 4 bridgehead atoms. The highest BCUT2D eigenvalue weighted by Crippen LogP contribution is 2.61. The van der Waals surface area contributed by atoms with Crippen LogP contribution in [0.1, 0.15) is 45.4 Å². The van der Waals surface area contributed by atoms with Crippen molar-refractivity contribution < 1.29 is 19.0 Å². The first-order valence-corrected chi connectivity index (χ1v) is 12.7. The Balaban J connectivity index is 1.43. The zero-order chi connectivity index (χ0) is 19.9. The Morgan fingerprint density at radius 1 is 1.11 bits per heavy atom. The van der Waals surface area contributed by atoms with Crippen LogP contribution in [0.4, 0.5) is 0 Å². The van der Waals surface area contributed by atoms with Gasteiger partial charge >= 0.3 is 5.97 Å². The monoisotopic (exact) mass is 610 g/mol. The summed E-state index contributed by atoms with van der Waals surface area (Å²) in [5, 5.41) is 0. The Kier molecular flexibility index (Phi) is 6.20. The Morgan fingerprint density at radius 3 is 2.07 bits per heavy atom. The molecule has 4 saturated carbocycles. The molecule has 0 amide bonds. The van der Waals surface area contributed by atoms with Crippen molar-refractivity contribution in [2.24, 2.45) is 23.2 Å². The van der Waals surface area contributed by atoms with E-state index < -0.39 is 3.42 Å². The molecule has 28 heavy (non-hydrogen) atoms. The van der Waals surface area contributed by atoms with Crippen molar-refractivity contribution >= 4 is 51.2 Å². The van der Waals surface area contributed by atoms with Gasteiger partial charge in [0.1, 0.15) is 14.9 Å². The first-order valence-electron chi connectivity index (χ1n) is 10.1. The number of hydrogen-bond donors (Lipinski definition) is 0. The average molecular weight is 610 g/mol. The number of hydrogen-bond acceptors (Lipinski definition) is 4. The van der Waals surface area contributed by atoms with Crippen molar-refractivity contribution in [1.29, 1.82) is 0 Å². The molecule has 0 N–H and O–H groups in total. The molecule has 1 aromatic rings. The maximum Gasteiger partial charge on any atom is 0.327 e. The normalized spacial score (nSPS) is 33.9. The Hall–Kier alpha value is -0.0900. The number of esters is 1. The molecule has 6 heteroatoms. The van der Waals surface area contributed by atoms with Gasteiger partial charge in [0.05, 0.1) is 0 Å². The predicted octanol–water partition coefficient (Wildman–Crippen LogP) is 5.79. The maximum atomic E-state index is 12.2. The number of methoxy groups -OCH3 is 1. The minimum absolute atomic E-state index is 0.165. The third kappa shape index (κ3) is 4.19. The summed E-state index contributed by atoms with van der Waals surface area (Å²) in [6.45, 7) is 1.88. The van der Waals surface area contributed by atoms with Gasteiger partial charge in [-0.3, -0.25) is 4.79 Å². The van der Waals surface area contributed by atoms with Crippen molar-refractivity contribution in [1.82, 2.24) is 0 Å². The maximum absolute atomic E-state index is 12.2. The summed E-state index contributed by atoms with van der Waals surface area (Å²) < 4.78 is 17.9. The molecular formula is C22H28I2O4. The highest BCUT2D eigenvalue weighted by Gasteiger charge is 2.55. The minimum atomic E-state index is -0.521. The molecule has 5 rings (SSSR count). The molecule has 2 unspecified atom stereocenters. The summed E-state index contributed by atoms with van der Waals surface area (Å²) in [6.07, 6.45) is 7.72. The van der Waals surface area contributed by atoms with Crippen LogP contribution < -0.4 is 9.47 Å². The van der Waals surface area contributed by atoms with Crippen LogP contribution in [0.5, 0.6) is 11.5 Å². The van der Waals surface area contributed by atoms with Crippen molar-refractivity contribution in [3.8, 4) is 11.5 Å². The molecule has 0 saturated heterocycles. The summed E-state index contributed by atoms with van der Waals surface area (Å²) in [7, 11) is 1.77. The molecule has 4 aliphatic carbocycles. The summed E-state index contributed by atoms with van der Waals surface area (Å²) in [6, 6.07) is 7.37. The molecule has 0 heterocycles. The summed E-state index contributed by atoms with van der Waals surface area (Å²) in [4.78, 5) is 12.2. The van der Waals surface area contributed by atoms with Crippen LogP contribution in [0, 0.1) is 23.2 Å². The molecule has 0 aromatic heterocycles. The fourth-order valence-electron chi connectivity index (χ4n) is 5.87. The first-order chi connectivity index (χ1) is 13.3. The molecule has 154 valence electrons. The zero-order valence-electron chi connectivity index (χ0n) is 16.5. The van der Waals surface area contributed by atoms with Gasteiger partial charge < -0.3 is 14.2 Å². The average Bonchev–Trinajstić information content (AvgIpc) is 2.66. The number of carbonyl (C=O) groups is 1. The Bertz CT molecular complexity index is 680. The quantitative estimate of drug-likeness (QED) is 0.129. The van der Waals surface area contributed by atoms with E-state index in [4.69, 9.17) is 14.2 Å². The van der Waals surface area contributed by atoms with Gasteiger partial charge in [-0.15, -0.1) is 0 Å². The van der Waals surface area contributed by atoms with Crippen molar-refractivity contribution in [2.75, 3.05) is 11.5 Å². The number of ether oxygens (including phenoxy) is 3. The van der Waals surface area contributed by atoms with Gasteiger partial charge in [0.2, 0.25) is 6.29 Å². The van der Waals surface area contributed by atoms with Gasteiger partial charge in [-0.05, 0) is 87.5 Å². The number of carbonyl (C=O) groups excluding carboxylic acids is 1. The van der Waals surface area contributed by atoms with Gasteiger partial charge in [-0.1, -0.05) is 45.2 Å². The lowest BCUT2D eigenvalue weighted by Gasteiger charge is -2.58. The molecule has 0 aliphatic heterocycles. The van der Waals surface area contributed by atoms with Crippen molar-refractivity contribution in [3.05, 3.63) is 24.3 Å². The lowest BCUT2D eigenvalue weighted by Crippen LogP contribution is -2.53. The number of rotatable bonds is 7. The summed E-state index contributed by atoms with van der Waals surface area (Å²) in [5.41, 5.74) is 0.165. The lowest BCUT2D eigenvalue weighted by atomic mass is 9.49. The SMILES string of the molecule is COC(Oc1ccc(OC(=O)C(C)(I)CI)cc1)C12CC3CC(CC(C3)C1)C2. The summed E-state index contributed by atoms with van der Waals surface area (Å²) in [5.74, 6) is 3.67. The molecule has 4 aliphatic rings. The third-order valence-corrected chi connectivity index (χ3v) is 10.6. The van der Waals surface area contributed by atoms with Crippen LogP contribution in [-0.2, 0) is 9.53 Å². The van der Waals surface area contributed by atoms with E-state index in [1.165, 1.54) is 38.5 Å². The fraction of sp³-hybridized carbons (Fsp3) is 0.682. The minimum Gasteiger partial charge on any atom is -0.464 e. The van der Waals surface area contributed by atoms with Crippen LogP contribution in [-0.4, -0.2) is 27.2 Å². The van der Waals surface area contributed by atoms with Gasteiger partial charge in [-0.25, -0.2) is 0 Å². The number of alkyl halides is 2. The van der Waals surface area contributed by atoms with Crippen LogP contribution >= 0.6 is 45.2 Å². The van der Waals surface area contributed by atoms with E-state index in [1.54, 1.807) is 19.2 Å². The highest BCUT2D eigenvalue weighted by atomic mass is 127. The van der Waals surface area contributed by atoms with E-state index in [0.717, 1.165) is 23.5 Å². The fourth-order valence-corrected chi connectivity index (χ4v) is 6.29. The van der Waals surface area contributed by atoms with Crippen molar-refractivity contribution in [3.63, 3.8) is 0 Å². The molecule has 4 fully saturated rings. The van der Waals surface area contributed by atoms with E-state index in [2.05, 4.69) is 45.2 Å². The second-order valence-electron chi connectivity index (χ2n) is 9.16. The molecular weight excluding hydrogens is 582 g/mol. The topological polar surface area (TPSA) is 44.8 Å². The van der Waals surface area contributed by atoms with E-state index in [9.17, 15) is 4.79 Å². The molecule has 4 nitrogen and oxygen atoms in total. The first kappa shape index (κ1) is 21.2. The van der Waals surface area contributed by atoms with Crippen molar-refractivity contribution in [2.45, 2.75) is 55.2 Å². The second-order valence-corrected chi connectivity index (χ2v) is 12.3. The molecule has 2 atom stereocenters. The summed E-state index contributed by atoms with van der Waals surface area (Å²) >= 11 is 4.34. The van der Waals surface area contributed by atoms with Gasteiger partial charge in [0, 0.05) is 17.0 Å². The number of halogens is 2. The lowest BCUT2D eigenvalue weighted by molar-refractivity contribution is -0.204. The van der Waals surface area contributed by atoms with Crippen LogP contribution in [0.2, 0.25) is 0 Å². The second kappa shape index (κ2) is 8.21. The van der Waals surface area contributed by atoms with Crippen LogP contribution in [0.15, 0.2) is 24.3 Å². The van der Waals surface area contributed by atoms with Gasteiger partial charge in [0.15, 0.2) is 0 Å². The molecule has 0 radical (unpaired) electrons. The van der Waals surface area contributed by atoms with Crippen LogP contribution in [0.3, 0.4) is 0 Å². The number of benzene rings is 1. The van der Waals surface area contributed by atoms with E-state index in [-0.39, 0.29) is 17.7 Å². The van der Waals surface area contributed by atoms with E-state index >= 15 is 0 Å². The Labute approximate surface area is 194 Å². The van der Waals surface area contributed by atoms with Crippen LogP contribution in [0.25, 0.3) is 0 Å². The zero-order valence-corrected chi connectivity index (χ0v) is 20.8. The predicted molar refractivity (Wildman–Crippen MR) is 125 cm³/mol. The highest BCUT2D eigenvalue weighted by molar-refractivity contribution is 14.1.